The summed E-state index contributed by atoms with van der Waals surface area (Å²) in [6.07, 6.45) is 0.648. The van der Waals surface area contributed by atoms with Crippen LogP contribution < -0.4 is 15.4 Å². The Bertz CT molecular complexity index is 583. The van der Waals surface area contributed by atoms with Gasteiger partial charge in [-0.2, -0.15) is 0 Å². The predicted octanol–water partition coefficient (Wildman–Crippen LogP) is 0.760. The highest BCUT2D eigenvalue weighted by Crippen LogP contribution is 2.25. The summed E-state index contributed by atoms with van der Waals surface area (Å²) in [5, 5.41) is 2.74. The zero-order chi connectivity index (χ0) is 14.8. The van der Waals surface area contributed by atoms with Gasteiger partial charge in [-0.1, -0.05) is 6.92 Å². The van der Waals surface area contributed by atoms with E-state index in [0.29, 0.717) is 24.3 Å². The zero-order valence-electron chi connectivity index (χ0n) is 11.4. The second-order valence-electron chi connectivity index (χ2n) is 4.91. The molecule has 0 aromatic heterocycles. The molecule has 0 spiro atoms. The number of hydrogen-bond donors (Lipinski definition) is 2. The molecule has 1 aliphatic heterocycles. The number of anilines is 2. The van der Waals surface area contributed by atoms with Crippen LogP contribution in [0.15, 0.2) is 24.3 Å². The van der Waals surface area contributed by atoms with Crippen molar-refractivity contribution in [1.29, 1.82) is 0 Å². The van der Waals surface area contributed by atoms with Crippen molar-refractivity contribution in [2.45, 2.75) is 13.3 Å². The van der Waals surface area contributed by atoms with Crippen molar-refractivity contribution in [1.82, 2.24) is 0 Å². The van der Waals surface area contributed by atoms with Crippen LogP contribution in [0.2, 0.25) is 0 Å². The minimum Gasteiger partial charge on any atom is -0.330 e. The number of carbonyl (C=O) groups is 1. The molecule has 1 unspecified atom stereocenters. The van der Waals surface area contributed by atoms with Crippen LogP contribution in [0.25, 0.3) is 0 Å². The van der Waals surface area contributed by atoms with Gasteiger partial charge in [0.1, 0.15) is 0 Å². The lowest BCUT2D eigenvalue weighted by molar-refractivity contribution is -0.119. The van der Waals surface area contributed by atoms with Crippen molar-refractivity contribution >= 4 is 27.3 Å². The highest BCUT2D eigenvalue weighted by Gasteiger charge is 2.28. The van der Waals surface area contributed by atoms with Crippen LogP contribution in [0, 0.1) is 5.92 Å². The van der Waals surface area contributed by atoms with Crippen LogP contribution >= 0.6 is 0 Å². The van der Waals surface area contributed by atoms with Crippen LogP contribution in [0.3, 0.4) is 0 Å². The van der Waals surface area contributed by atoms with E-state index in [1.807, 2.05) is 0 Å². The highest BCUT2D eigenvalue weighted by atomic mass is 32.2. The second-order valence-corrected chi connectivity index (χ2v) is 6.93. The molecule has 0 aliphatic carbocycles. The molecular formula is C13H19N3O3S. The van der Waals surface area contributed by atoms with Crippen molar-refractivity contribution in [3.8, 4) is 0 Å². The molecule has 1 aliphatic rings. The topological polar surface area (TPSA) is 92.5 Å². The molecule has 1 aromatic rings. The first-order valence-electron chi connectivity index (χ1n) is 6.55. The maximum Gasteiger partial charge on any atom is 0.235 e. The van der Waals surface area contributed by atoms with Gasteiger partial charge in [0.2, 0.25) is 15.9 Å². The maximum atomic E-state index is 11.8. The van der Waals surface area contributed by atoms with Gasteiger partial charge < -0.3 is 11.1 Å². The highest BCUT2D eigenvalue weighted by molar-refractivity contribution is 7.93. The molecule has 110 valence electrons. The Morgan fingerprint density at radius 1 is 1.40 bits per heavy atom. The molecule has 0 radical (unpaired) electrons. The minimum absolute atomic E-state index is 0.144. The van der Waals surface area contributed by atoms with E-state index in [2.05, 4.69) is 5.32 Å². The van der Waals surface area contributed by atoms with Crippen molar-refractivity contribution in [2.24, 2.45) is 11.7 Å². The maximum absolute atomic E-state index is 11.8. The normalized spacial score (nSPS) is 18.8. The van der Waals surface area contributed by atoms with Crippen LogP contribution in [0.1, 0.15) is 13.3 Å². The molecular weight excluding hydrogens is 278 g/mol. The Balaban J connectivity index is 2.09. The van der Waals surface area contributed by atoms with Gasteiger partial charge in [0, 0.05) is 24.7 Å². The number of nitrogens with one attached hydrogen (secondary N) is 1. The van der Waals surface area contributed by atoms with Gasteiger partial charge in [0.05, 0.1) is 11.4 Å². The third-order valence-corrected chi connectivity index (χ3v) is 5.19. The molecule has 1 fully saturated rings. The predicted molar refractivity (Wildman–Crippen MR) is 79.0 cm³/mol. The molecule has 1 heterocycles. The summed E-state index contributed by atoms with van der Waals surface area (Å²) in [6.45, 7) is 2.55. The molecule has 0 saturated carbocycles. The third-order valence-electron chi connectivity index (χ3n) is 3.32. The first-order valence-corrected chi connectivity index (χ1v) is 8.16. The van der Waals surface area contributed by atoms with Crippen LogP contribution in [-0.2, 0) is 14.8 Å². The van der Waals surface area contributed by atoms with E-state index >= 15 is 0 Å². The van der Waals surface area contributed by atoms with E-state index in [1.54, 1.807) is 31.2 Å². The van der Waals surface area contributed by atoms with E-state index in [4.69, 9.17) is 5.73 Å². The summed E-state index contributed by atoms with van der Waals surface area (Å²) in [4.78, 5) is 11.7. The largest absolute Gasteiger partial charge is 0.330 e. The minimum atomic E-state index is -3.16. The number of amides is 1. The average Bonchev–Trinajstić information content (AvgIpc) is 2.78. The molecule has 1 saturated heterocycles. The van der Waals surface area contributed by atoms with E-state index in [1.165, 1.54) is 4.31 Å². The zero-order valence-corrected chi connectivity index (χ0v) is 12.2. The standard InChI is InChI=1S/C13H19N3O3S/c1-10(9-14)13(17)15-11-3-5-12(6-4-11)16-7-2-8-20(16,18)19/h3-6,10H,2,7-9,14H2,1H3,(H,15,17). The quantitative estimate of drug-likeness (QED) is 0.858. The van der Waals surface area contributed by atoms with E-state index in [-0.39, 0.29) is 24.1 Å². The Morgan fingerprint density at radius 2 is 2.05 bits per heavy atom. The molecule has 20 heavy (non-hydrogen) atoms. The summed E-state index contributed by atoms with van der Waals surface area (Å²) in [7, 11) is -3.16. The number of rotatable bonds is 4. The molecule has 1 atom stereocenters. The number of nitrogens with two attached hydrogens (primary N) is 1. The van der Waals surface area contributed by atoms with Crippen LogP contribution in [0.5, 0.6) is 0 Å². The van der Waals surface area contributed by atoms with Gasteiger partial charge in [-0.3, -0.25) is 9.10 Å². The summed E-state index contributed by atoms with van der Waals surface area (Å²) < 4.78 is 25.0. The lowest BCUT2D eigenvalue weighted by Gasteiger charge is -2.17. The third kappa shape index (κ3) is 3.10. The van der Waals surface area contributed by atoms with E-state index in [0.717, 1.165) is 0 Å². The number of benzene rings is 1. The first kappa shape index (κ1) is 14.8. The lowest BCUT2D eigenvalue weighted by Crippen LogP contribution is -2.27. The summed E-state index contributed by atoms with van der Waals surface area (Å²) in [5.41, 5.74) is 6.70. The summed E-state index contributed by atoms with van der Waals surface area (Å²) in [6, 6.07) is 6.80. The first-order chi connectivity index (χ1) is 9.44. The van der Waals surface area contributed by atoms with Crippen LogP contribution in [-0.4, -0.2) is 33.2 Å². The van der Waals surface area contributed by atoms with Crippen molar-refractivity contribution < 1.29 is 13.2 Å². The Labute approximate surface area is 119 Å². The van der Waals surface area contributed by atoms with Gasteiger partial charge in [-0.15, -0.1) is 0 Å². The SMILES string of the molecule is CC(CN)C(=O)Nc1ccc(N2CCCS2(=O)=O)cc1. The molecule has 6 nitrogen and oxygen atoms in total. The number of sulfonamides is 1. The van der Waals surface area contributed by atoms with E-state index < -0.39 is 10.0 Å². The second kappa shape index (κ2) is 5.80. The van der Waals surface area contributed by atoms with Gasteiger partial charge >= 0.3 is 0 Å². The Kier molecular flexibility index (Phi) is 4.29. The van der Waals surface area contributed by atoms with Gasteiger partial charge in [0.15, 0.2) is 0 Å². The smallest absolute Gasteiger partial charge is 0.235 e. The molecule has 7 heteroatoms. The fourth-order valence-corrected chi connectivity index (χ4v) is 3.58. The van der Waals surface area contributed by atoms with Gasteiger partial charge in [-0.25, -0.2) is 8.42 Å². The average molecular weight is 297 g/mol. The number of carbonyl (C=O) groups excluding carboxylic acids is 1. The molecule has 3 N–H and O–H groups in total. The fourth-order valence-electron chi connectivity index (χ4n) is 2.01. The number of hydrogen-bond acceptors (Lipinski definition) is 4. The van der Waals surface area contributed by atoms with Crippen molar-refractivity contribution in [3.63, 3.8) is 0 Å². The fraction of sp³-hybridized carbons (Fsp3) is 0.462. The van der Waals surface area contributed by atoms with Gasteiger partial charge in [0.25, 0.3) is 0 Å². The molecule has 1 amide bonds. The lowest BCUT2D eigenvalue weighted by atomic mass is 10.1. The molecule has 2 rings (SSSR count). The monoisotopic (exact) mass is 297 g/mol. The summed E-state index contributed by atoms with van der Waals surface area (Å²) >= 11 is 0. The molecule has 1 aromatic carbocycles. The van der Waals surface area contributed by atoms with Crippen molar-refractivity contribution in [3.05, 3.63) is 24.3 Å². The van der Waals surface area contributed by atoms with Crippen LogP contribution in [0.4, 0.5) is 11.4 Å². The Morgan fingerprint density at radius 3 is 2.55 bits per heavy atom. The number of nitrogens with zero attached hydrogens (tertiary/aromatic N) is 1. The Hall–Kier alpha value is -1.60. The summed E-state index contributed by atoms with van der Waals surface area (Å²) in [5.74, 6) is -0.206. The molecule has 0 bridgehead atoms. The van der Waals surface area contributed by atoms with Crippen molar-refractivity contribution in [2.75, 3.05) is 28.5 Å². The van der Waals surface area contributed by atoms with Gasteiger partial charge in [-0.05, 0) is 30.7 Å². The van der Waals surface area contributed by atoms with E-state index in [9.17, 15) is 13.2 Å².